The molecule has 0 aliphatic heterocycles. The third kappa shape index (κ3) is 4.12. The molecule has 0 radical (unpaired) electrons. The van der Waals surface area contributed by atoms with Crippen LogP contribution in [0.4, 0.5) is 0 Å². The van der Waals surface area contributed by atoms with Crippen LogP contribution in [-0.4, -0.2) is 25.8 Å². The summed E-state index contributed by atoms with van der Waals surface area (Å²) < 4.78 is 33.6. The van der Waals surface area contributed by atoms with E-state index in [1.165, 1.54) is 18.2 Å². The largest absolute Gasteiger partial charge is 0.455 e. The van der Waals surface area contributed by atoms with E-state index in [4.69, 9.17) is 20.9 Å². The van der Waals surface area contributed by atoms with Crippen molar-refractivity contribution in [2.24, 2.45) is 0 Å². The summed E-state index contributed by atoms with van der Waals surface area (Å²) >= 11 is 5.98. The Bertz CT molecular complexity index is 1040. The van der Waals surface area contributed by atoms with Crippen molar-refractivity contribution in [3.63, 3.8) is 0 Å². The zero-order chi connectivity index (χ0) is 18.7. The van der Waals surface area contributed by atoms with Gasteiger partial charge in [-0.05, 0) is 18.2 Å². The van der Waals surface area contributed by atoms with Crippen molar-refractivity contribution in [1.82, 2.24) is 5.16 Å². The second kappa shape index (κ2) is 7.31. The van der Waals surface area contributed by atoms with Crippen LogP contribution in [0.3, 0.4) is 0 Å². The molecule has 0 saturated heterocycles. The third-order valence-electron chi connectivity index (χ3n) is 3.55. The molecule has 134 valence electrons. The zero-order valence-corrected chi connectivity index (χ0v) is 15.3. The molecule has 0 spiro atoms. The van der Waals surface area contributed by atoms with Crippen LogP contribution >= 0.6 is 11.6 Å². The Balaban J connectivity index is 1.73. The summed E-state index contributed by atoms with van der Waals surface area (Å²) in [6.45, 7) is -0.130. The Morgan fingerprint density at radius 1 is 1.15 bits per heavy atom. The summed E-state index contributed by atoms with van der Waals surface area (Å²) in [6.07, 6.45) is 1.05. The first kappa shape index (κ1) is 18.2. The van der Waals surface area contributed by atoms with Crippen molar-refractivity contribution in [3.05, 3.63) is 70.9 Å². The Morgan fingerprint density at radius 2 is 1.88 bits per heavy atom. The van der Waals surface area contributed by atoms with Gasteiger partial charge in [-0.1, -0.05) is 47.1 Å². The second-order valence-electron chi connectivity index (χ2n) is 5.54. The van der Waals surface area contributed by atoms with Crippen LogP contribution in [0.2, 0.25) is 5.02 Å². The van der Waals surface area contributed by atoms with Gasteiger partial charge in [0.2, 0.25) is 0 Å². The lowest BCUT2D eigenvalue weighted by molar-refractivity contribution is 0.0464. The van der Waals surface area contributed by atoms with E-state index in [1.54, 1.807) is 6.07 Å². The van der Waals surface area contributed by atoms with E-state index in [0.29, 0.717) is 11.5 Å². The van der Waals surface area contributed by atoms with Gasteiger partial charge in [-0.25, -0.2) is 13.2 Å². The number of benzene rings is 2. The monoisotopic (exact) mass is 391 g/mol. The van der Waals surface area contributed by atoms with Crippen molar-refractivity contribution in [2.75, 3.05) is 6.26 Å². The van der Waals surface area contributed by atoms with Gasteiger partial charge in [0, 0.05) is 17.9 Å². The number of hydrogen-bond donors (Lipinski definition) is 0. The average molecular weight is 392 g/mol. The number of nitrogens with zero attached hydrogens (tertiary/aromatic N) is 1. The summed E-state index contributed by atoms with van der Waals surface area (Å²) in [7, 11) is -3.46. The van der Waals surface area contributed by atoms with Crippen LogP contribution in [0.5, 0.6) is 0 Å². The van der Waals surface area contributed by atoms with E-state index in [-0.39, 0.29) is 22.1 Å². The number of rotatable bonds is 5. The molecule has 0 N–H and O–H groups in total. The fourth-order valence-corrected chi connectivity index (χ4v) is 3.07. The minimum atomic E-state index is -3.46. The second-order valence-corrected chi connectivity index (χ2v) is 7.96. The van der Waals surface area contributed by atoms with Gasteiger partial charge in [0.15, 0.2) is 15.6 Å². The SMILES string of the molecule is CS(=O)(=O)c1ccc(Cl)c(C(=O)OCc2cc(-c3ccccc3)on2)c1. The summed E-state index contributed by atoms with van der Waals surface area (Å²) in [5, 5.41) is 3.96. The Hall–Kier alpha value is -2.64. The van der Waals surface area contributed by atoms with Crippen LogP contribution in [0, 0.1) is 0 Å². The van der Waals surface area contributed by atoms with E-state index in [1.807, 2.05) is 30.3 Å². The normalized spacial score (nSPS) is 11.3. The molecule has 0 aliphatic rings. The smallest absolute Gasteiger partial charge is 0.340 e. The lowest BCUT2D eigenvalue weighted by atomic mass is 10.2. The molecule has 0 saturated carbocycles. The van der Waals surface area contributed by atoms with Gasteiger partial charge < -0.3 is 9.26 Å². The zero-order valence-electron chi connectivity index (χ0n) is 13.7. The van der Waals surface area contributed by atoms with Gasteiger partial charge in [0.25, 0.3) is 0 Å². The lowest BCUT2D eigenvalue weighted by Crippen LogP contribution is -2.08. The van der Waals surface area contributed by atoms with Crippen molar-refractivity contribution in [2.45, 2.75) is 11.5 Å². The maximum atomic E-state index is 12.2. The highest BCUT2D eigenvalue weighted by Gasteiger charge is 2.17. The fourth-order valence-electron chi connectivity index (χ4n) is 2.23. The highest BCUT2D eigenvalue weighted by atomic mass is 35.5. The lowest BCUT2D eigenvalue weighted by Gasteiger charge is -2.06. The molecule has 0 bridgehead atoms. The number of sulfone groups is 1. The summed E-state index contributed by atoms with van der Waals surface area (Å²) in [5.74, 6) is -0.196. The highest BCUT2D eigenvalue weighted by Crippen LogP contribution is 2.23. The molecule has 26 heavy (non-hydrogen) atoms. The van der Waals surface area contributed by atoms with Gasteiger partial charge in [-0.3, -0.25) is 0 Å². The summed E-state index contributed by atoms with van der Waals surface area (Å²) in [5.41, 5.74) is 1.25. The molecule has 0 atom stereocenters. The molecular formula is C18H14ClNO5S. The van der Waals surface area contributed by atoms with Crippen LogP contribution in [0.15, 0.2) is 64.0 Å². The van der Waals surface area contributed by atoms with Crippen molar-refractivity contribution in [1.29, 1.82) is 0 Å². The van der Waals surface area contributed by atoms with E-state index < -0.39 is 15.8 Å². The van der Waals surface area contributed by atoms with Crippen molar-refractivity contribution >= 4 is 27.4 Å². The molecule has 3 aromatic rings. The molecule has 2 aromatic carbocycles. The average Bonchev–Trinajstić information content (AvgIpc) is 3.09. The number of hydrogen-bond acceptors (Lipinski definition) is 6. The quantitative estimate of drug-likeness (QED) is 0.615. The number of carbonyl (C=O) groups is 1. The first-order valence-electron chi connectivity index (χ1n) is 7.52. The predicted octanol–water partition coefficient (Wildman–Crippen LogP) is 3.76. The van der Waals surface area contributed by atoms with Crippen LogP contribution in [0.25, 0.3) is 11.3 Å². The van der Waals surface area contributed by atoms with E-state index in [0.717, 1.165) is 11.8 Å². The Labute approximate surface area is 155 Å². The number of aromatic nitrogens is 1. The number of carbonyl (C=O) groups excluding carboxylic acids is 1. The highest BCUT2D eigenvalue weighted by molar-refractivity contribution is 7.90. The van der Waals surface area contributed by atoms with Gasteiger partial charge in [0.1, 0.15) is 12.3 Å². The maximum absolute atomic E-state index is 12.2. The third-order valence-corrected chi connectivity index (χ3v) is 4.99. The Morgan fingerprint density at radius 3 is 2.58 bits per heavy atom. The van der Waals surface area contributed by atoms with Gasteiger partial charge in [-0.15, -0.1) is 0 Å². The van der Waals surface area contributed by atoms with Gasteiger partial charge in [0.05, 0.1) is 15.5 Å². The molecule has 0 aliphatic carbocycles. The van der Waals surface area contributed by atoms with E-state index in [2.05, 4.69) is 5.16 Å². The summed E-state index contributed by atoms with van der Waals surface area (Å²) in [6, 6.07) is 14.9. The molecule has 0 unspecified atom stereocenters. The van der Waals surface area contributed by atoms with E-state index in [9.17, 15) is 13.2 Å². The number of esters is 1. The first-order chi connectivity index (χ1) is 12.3. The molecule has 1 heterocycles. The minimum Gasteiger partial charge on any atom is -0.455 e. The minimum absolute atomic E-state index is 0.0124. The Kier molecular flexibility index (Phi) is 5.11. The molecule has 8 heteroatoms. The predicted molar refractivity (Wildman–Crippen MR) is 95.6 cm³/mol. The summed E-state index contributed by atoms with van der Waals surface area (Å²) in [4.78, 5) is 12.2. The van der Waals surface area contributed by atoms with Crippen LogP contribution in [-0.2, 0) is 21.2 Å². The maximum Gasteiger partial charge on any atom is 0.340 e. The van der Waals surface area contributed by atoms with Gasteiger partial charge in [-0.2, -0.15) is 0 Å². The van der Waals surface area contributed by atoms with Crippen LogP contribution < -0.4 is 0 Å². The molecule has 3 rings (SSSR count). The van der Waals surface area contributed by atoms with Crippen molar-refractivity contribution < 1.29 is 22.5 Å². The van der Waals surface area contributed by atoms with E-state index >= 15 is 0 Å². The first-order valence-corrected chi connectivity index (χ1v) is 9.79. The van der Waals surface area contributed by atoms with Crippen LogP contribution in [0.1, 0.15) is 16.1 Å². The number of halogens is 1. The molecular weight excluding hydrogens is 378 g/mol. The molecule has 0 amide bonds. The molecule has 6 nitrogen and oxygen atoms in total. The topological polar surface area (TPSA) is 86.5 Å². The fraction of sp³-hybridized carbons (Fsp3) is 0.111. The molecule has 1 aromatic heterocycles. The molecule has 0 fully saturated rings. The van der Waals surface area contributed by atoms with Gasteiger partial charge >= 0.3 is 5.97 Å². The van der Waals surface area contributed by atoms with Crippen molar-refractivity contribution in [3.8, 4) is 11.3 Å². The standard InChI is InChI=1S/C18H14ClNO5S/c1-26(22,23)14-7-8-16(19)15(10-14)18(21)24-11-13-9-17(25-20-13)12-5-3-2-4-6-12/h2-10H,11H2,1H3. The number of ether oxygens (including phenoxy) is 1.